The van der Waals surface area contributed by atoms with Crippen molar-refractivity contribution in [2.75, 3.05) is 21.1 Å². The third kappa shape index (κ3) is 8.84. The van der Waals surface area contributed by atoms with Crippen molar-refractivity contribution in [3.05, 3.63) is 77.9 Å². The van der Waals surface area contributed by atoms with Crippen LogP contribution in [0.15, 0.2) is 61.2 Å². The van der Waals surface area contributed by atoms with Gasteiger partial charge in [0, 0.05) is 5.56 Å². The van der Waals surface area contributed by atoms with Gasteiger partial charge in [-0.25, -0.2) is 13.2 Å². The topological polar surface area (TPSA) is 83.5 Å². The summed E-state index contributed by atoms with van der Waals surface area (Å²) in [6.07, 6.45) is -9.06. The lowest BCUT2D eigenvalue weighted by Crippen LogP contribution is -2.52. The summed E-state index contributed by atoms with van der Waals surface area (Å²) >= 11 is 0. The van der Waals surface area contributed by atoms with Gasteiger partial charge in [0.25, 0.3) is 6.10 Å². The second-order valence-electron chi connectivity index (χ2n) is 8.10. The number of alkyl halides is 5. The molecule has 0 amide bonds. The molecule has 2 aromatic carbocycles. The first-order valence-electron chi connectivity index (χ1n) is 9.56. The van der Waals surface area contributed by atoms with Gasteiger partial charge in [-0.3, -0.25) is 0 Å². The molecule has 0 spiro atoms. The molecule has 0 heterocycles. The predicted octanol–water partition coefficient (Wildman–Crippen LogP) is 4.45. The van der Waals surface area contributed by atoms with Crippen LogP contribution in [-0.2, 0) is 21.4 Å². The lowest BCUT2D eigenvalue weighted by Gasteiger charge is -2.29. The van der Waals surface area contributed by atoms with E-state index in [9.17, 15) is 39.7 Å². The number of ether oxygens (including phenoxy) is 1. The van der Waals surface area contributed by atoms with Gasteiger partial charge in [-0.1, -0.05) is 55.1 Å². The van der Waals surface area contributed by atoms with Gasteiger partial charge in [-0.2, -0.15) is 22.0 Å². The van der Waals surface area contributed by atoms with Crippen LogP contribution >= 0.6 is 0 Å². The Bertz CT molecular complexity index is 1060. The molecule has 34 heavy (non-hydrogen) atoms. The minimum atomic E-state index is -6.72. The minimum absolute atomic E-state index is 0.474. The zero-order valence-corrected chi connectivity index (χ0v) is 19.4. The Balaban J connectivity index is 0.000000437. The molecule has 0 aliphatic rings. The van der Waals surface area contributed by atoms with Crippen molar-refractivity contribution in [2.45, 2.75) is 24.1 Å². The molecule has 0 saturated heterocycles. The Hall–Kier alpha value is -2.83. The monoisotopic (exact) mass is 509 g/mol. The van der Waals surface area contributed by atoms with E-state index >= 15 is 0 Å². The number of carbonyl (C=O) groups excluding carboxylic acids is 1. The Morgan fingerprint density at radius 1 is 1.03 bits per heavy atom. The molecular formula is C22H24F5NO5S. The Morgan fingerprint density at radius 3 is 1.91 bits per heavy atom. The lowest BCUT2D eigenvalue weighted by atomic mass is 10.1. The molecule has 0 aliphatic carbocycles. The fraction of sp³-hybridized carbons (Fsp3) is 0.318. The van der Waals surface area contributed by atoms with Crippen LogP contribution in [0.2, 0.25) is 0 Å². The number of hydrogen-bond donors (Lipinski definition) is 0. The largest absolute Gasteiger partial charge is 0.743 e. The average Bonchev–Trinajstić information content (AvgIpc) is 2.70. The molecule has 0 aromatic heterocycles. The third-order valence-electron chi connectivity index (χ3n) is 4.04. The van der Waals surface area contributed by atoms with E-state index in [2.05, 4.69) is 62.8 Å². The first-order chi connectivity index (χ1) is 15.4. The van der Waals surface area contributed by atoms with Gasteiger partial charge < -0.3 is 13.8 Å². The number of benzene rings is 2. The number of quaternary nitrogens is 1. The molecule has 12 heteroatoms. The second kappa shape index (κ2) is 11.1. The van der Waals surface area contributed by atoms with E-state index in [0.29, 0.717) is 5.56 Å². The fourth-order valence-corrected chi connectivity index (χ4v) is 2.96. The summed E-state index contributed by atoms with van der Waals surface area (Å²) in [4.78, 5) is 11.5. The molecular weight excluding hydrogens is 485 g/mol. The van der Waals surface area contributed by atoms with Crippen LogP contribution in [0, 0.1) is 0 Å². The molecule has 0 N–H and O–H groups in total. The van der Waals surface area contributed by atoms with Gasteiger partial charge in [-0.05, 0) is 17.7 Å². The molecule has 0 aliphatic heterocycles. The van der Waals surface area contributed by atoms with Gasteiger partial charge in [0.2, 0.25) is 0 Å². The highest BCUT2D eigenvalue weighted by atomic mass is 32.2. The number of rotatable bonds is 7. The number of hydrogen-bond acceptors (Lipinski definition) is 5. The molecule has 2 aromatic rings. The average molecular weight is 509 g/mol. The van der Waals surface area contributed by atoms with Gasteiger partial charge in [0.15, 0.2) is 10.1 Å². The Labute approximate surface area is 194 Å². The maximum Gasteiger partial charge on any atom is 0.432 e. The number of halogens is 5. The molecule has 1 unspecified atom stereocenters. The van der Waals surface area contributed by atoms with Crippen LogP contribution in [0.3, 0.4) is 0 Å². The highest BCUT2D eigenvalue weighted by Gasteiger charge is 2.63. The van der Waals surface area contributed by atoms with Crippen molar-refractivity contribution in [3.8, 4) is 0 Å². The second-order valence-corrected chi connectivity index (χ2v) is 9.56. The van der Waals surface area contributed by atoms with Gasteiger partial charge >= 0.3 is 17.4 Å². The number of nitrogens with zero attached hydrogens (tertiary/aromatic N) is 1. The van der Waals surface area contributed by atoms with Gasteiger partial charge in [-0.15, -0.1) is 0 Å². The maximum absolute atomic E-state index is 13.2. The van der Waals surface area contributed by atoms with E-state index in [0.717, 1.165) is 23.2 Å². The molecule has 0 radical (unpaired) electrons. The van der Waals surface area contributed by atoms with Gasteiger partial charge in [0.05, 0.1) is 26.7 Å². The smallest absolute Gasteiger partial charge is 0.432 e. The predicted molar refractivity (Wildman–Crippen MR) is 115 cm³/mol. The molecule has 1 atom stereocenters. The van der Waals surface area contributed by atoms with Gasteiger partial charge in [0.1, 0.15) is 6.54 Å². The summed E-state index contributed by atoms with van der Waals surface area (Å²) in [5.74, 6) is -1.87. The van der Waals surface area contributed by atoms with Crippen LogP contribution in [0.4, 0.5) is 22.0 Å². The summed E-state index contributed by atoms with van der Waals surface area (Å²) in [6, 6.07) is 14.9. The minimum Gasteiger partial charge on any atom is -0.743 e. The van der Waals surface area contributed by atoms with Crippen molar-refractivity contribution in [1.29, 1.82) is 0 Å². The molecule has 0 bridgehead atoms. The van der Waals surface area contributed by atoms with E-state index in [1.54, 1.807) is 0 Å². The summed E-state index contributed by atoms with van der Waals surface area (Å²) in [5, 5.41) is -5.87. The first kappa shape index (κ1) is 29.2. The summed E-state index contributed by atoms with van der Waals surface area (Å²) in [7, 11) is -0.113. The molecule has 6 nitrogen and oxygen atoms in total. The maximum atomic E-state index is 13.2. The van der Waals surface area contributed by atoms with Crippen LogP contribution in [0.25, 0.3) is 6.08 Å². The van der Waals surface area contributed by atoms with E-state index in [4.69, 9.17) is 0 Å². The highest BCUT2D eigenvalue weighted by Crippen LogP contribution is 2.38. The van der Waals surface area contributed by atoms with E-state index in [-0.39, 0.29) is 0 Å². The summed E-state index contributed by atoms with van der Waals surface area (Å²) in [5.41, 5.74) is 1.32. The highest BCUT2D eigenvalue weighted by molar-refractivity contribution is 7.86. The summed E-state index contributed by atoms with van der Waals surface area (Å²) < 4.78 is 99.6. The fourth-order valence-electron chi connectivity index (χ4n) is 2.52. The van der Waals surface area contributed by atoms with Crippen LogP contribution in [0.1, 0.15) is 21.5 Å². The van der Waals surface area contributed by atoms with Crippen molar-refractivity contribution in [3.63, 3.8) is 0 Å². The van der Waals surface area contributed by atoms with Crippen LogP contribution in [-0.4, -0.2) is 62.1 Å². The zero-order valence-electron chi connectivity index (χ0n) is 18.6. The molecule has 2 rings (SSSR count). The Kier molecular flexibility index (Phi) is 9.50. The zero-order chi connectivity index (χ0) is 26.4. The van der Waals surface area contributed by atoms with Crippen LogP contribution < -0.4 is 0 Å². The van der Waals surface area contributed by atoms with E-state index in [1.165, 1.54) is 23.8 Å². The standard InChI is InChI=1S/C12H9F5O5S.C10H16N/c1-2-7-3-5-8(6-4-7)9(18)22-10(11(13,14)15)12(16,17)23(19,20)21;1-11(2,3)9-10-7-5-4-6-8-10/h2-6,10H,1H2,(H,19,20,21);4-8H,9H2,1-3H3/q;+1/p-1. The lowest BCUT2D eigenvalue weighted by molar-refractivity contribution is -0.884. The number of esters is 1. The van der Waals surface area contributed by atoms with Crippen LogP contribution in [0.5, 0.6) is 0 Å². The van der Waals surface area contributed by atoms with E-state index < -0.39 is 39.2 Å². The van der Waals surface area contributed by atoms with E-state index in [1.807, 2.05) is 0 Å². The van der Waals surface area contributed by atoms with Crippen molar-refractivity contribution < 1.29 is 48.9 Å². The molecule has 188 valence electrons. The van der Waals surface area contributed by atoms with Crippen molar-refractivity contribution >= 4 is 22.2 Å². The van der Waals surface area contributed by atoms with Crippen molar-refractivity contribution in [1.82, 2.24) is 0 Å². The molecule has 0 fully saturated rings. The van der Waals surface area contributed by atoms with Crippen molar-refractivity contribution in [2.24, 2.45) is 0 Å². The first-order valence-corrected chi connectivity index (χ1v) is 11.0. The normalized spacial score (nSPS) is 13.3. The quantitative estimate of drug-likeness (QED) is 0.238. The summed E-state index contributed by atoms with van der Waals surface area (Å²) in [6.45, 7) is 4.48. The number of carbonyl (C=O) groups is 1. The third-order valence-corrected chi connectivity index (χ3v) is 4.92. The molecule has 0 saturated carbocycles. The SMILES string of the molecule is C=Cc1ccc(C(=O)OC(C(F)(F)F)C(F)(F)S(=O)(=O)[O-])cc1.C[N+](C)(C)Cc1ccccc1. The Morgan fingerprint density at radius 2 is 1.53 bits per heavy atom.